The zero-order valence-electron chi connectivity index (χ0n) is 8.24. The number of anilines is 1. The standard InChI is InChI=1S/C11H10ClN3/c1-7-2-3-8(4-10(7)12)9-5-14-11(13)15-6-9/h2-6H,1H3,(H2,13,14,15). The maximum Gasteiger partial charge on any atom is 0.219 e. The second kappa shape index (κ2) is 3.87. The van der Waals surface area contributed by atoms with Crippen molar-refractivity contribution in [2.24, 2.45) is 0 Å². The van der Waals surface area contributed by atoms with Gasteiger partial charge in [0, 0.05) is 23.0 Å². The lowest BCUT2D eigenvalue weighted by Gasteiger charge is -2.03. The van der Waals surface area contributed by atoms with Gasteiger partial charge in [-0.1, -0.05) is 23.7 Å². The van der Waals surface area contributed by atoms with Crippen LogP contribution < -0.4 is 5.73 Å². The molecule has 2 N–H and O–H groups in total. The summed E-state index contributed by atoms with van der Waals surface area (Å²) in [5, 5.41) is 0.740. The fraction of sp³-hybridized carbons (Fsp3) is 0.0909. The summed E-state index contributed by atoms with van der Waals surface area (Å²) in [6.45, 7) is 1.96. The monoisotopic (exact) mass is 219 g/mol. The van der Waals surface area contributed by atoms with Gasteiger partial charge in [-0.2, -0.15) is 0 Å². The van der Waals surface area contributed by atoms with Crippen LogP contribution in [0.4, 0.5) is 5.95 Å². The molecule has 0 aliphatic carbocycles. The number of nitrogens with two attached hydrogens (primary N) is 1. The molecule has 15 heavy (non-hydrogen) atoms. The molecular formula is C11H10ClN3. The molecule has 0 aliphatic heterocycles. The molecule has 0 spiro atoms. The molecule has 1 aromatic heterocycles. The van der Waals surface area contributed by atoms with Crippen LogP contribution in [-0.4, -0.2) is 9.97 Å². The van der Waals surface area contributed by atoms with Gasteiger partial charge in [0.05, 0.1) is 0 Å². The molecule has 0 atom stereocenters. The van der Waals surface area contributed by atoms with E-state index in [0.717, 1.165) is 21.7 Å². The summed E-state index contributed by atoms with van der Waals surface area (Å²) in [6, 6.07) is 5.84. The Kier molecular flexibility index (Phi) is 2.56. The number of benzene rings is 1. The minimum Gasteiger partial charge on any atom is -0.368 e. The van der Waals surface area contributed by atoms with E-state index in [0.29, 0.717) is 0 Å². The first-order chi connectivity index (χ1) is 7.16. The van der Waals surface area contributed by atoms with Crippen LogP contribution in [0.3, 0.4) is 0 Å². The summed E-state index contributed by atoms with van der Waals surface area (Å²) in [6.07, 6.45) is 3.37. The first kappa shape index (κ1) is 9.93. The summed E-state index contributed by atoms with van der Waals surface area (Å²) in [7, 11) is 0. The van der Waals surface area contributed by atoms with E-state index in [-0.39, 0.29) is 5.95 Å². The molecule has 0 fully saturated rings. The highest BCUT2D eigenvalue weighted by molar-refractivity contribution is 6.31. The van der Waals surface area contributed by atoms with Crippen LogP contribution in [0.2, 0.25) is 5.02 Å². The lowest BCUT2D eigenvalue weighted by Crippen LogP contribution is -1.93. The molecular weight excluding hydrogens is 210 g/mol. The van der Waals surface area contributed by atoms with Crippen LogP contribution in [-0.2, 0) is 0 Å². The van der Waals surface area contributed by atoms with Gasteiger partial charge in [-0.25, -0.2) is 9.97 Å². The van der Waals surface area contributed by atoms with Crippen molar-refractivity contribution in [2.75, 3.05) is 5.73 Å². The van der Waals surface area contributed by atoms with Gasteiger partial charge >= 0.3 is 0 Å². The summed E-state index contributed by atoms with van der Waals surface area (Å²) >= 11 is 6.03. The Hall–Kier alpha value is -1.61. The van der Waals surface area contributed by atoms with Crippen molar-refractivity contribution in [3.8, 4) is 11.1 Å². The maximum atomic E-state index is 6.03. The molecule has 3 nitrogen and oxygen atoms in total. The summed E-state index contributed by atoms with van der Waals surface area (Å²) in [5.41, 5.74) is 8.36. The van der Waals surface area contributed by atoms with Crippen molar-refractivity contribution < 1.29 is 0 Å². The number of halogens is 1. The van der Waals surface area contributed by atoms with E-state index in [9.17, 15) is 0 Å². The van der Waals surface area contributed by atoms with Crippen LogP contribution in [0, 0.1) is 6.92 Å². The van der Waals surface area contributed by atoms with Crippen molar-refractivity contribution >= 4 is 17.5 Å². The highest BCUT2D eigenvalue weighted by Gasteiger charge is 2.01. The number of hydrogen-bond acceptors (Lipinski definition) is 3. The summed E-state index contributed by atoms with van der Waals surface area (Å²) in [5.74, 6) is 0.275. The van der Waals surface area contributed by atoms with Crippen molar-refractivity contribution in [3.63, 3.8) is 0 Å². The predicted octanol–water partition coefficient (Wildman–Crippen LogP) is 2.69. The lowest BCUT2D eigenvalue weighted by molar-refractivity contribution is 1.19. The van der Waals surface area contributed by atoms with E-state index in [1.165, 1.54) is 0 Å². The quantitative estimate of drug-likeness (QED) is 0.802. The molecule has 0 aliphatic rings. The molecule has 76 valence electrons. The van der Waals surface area contributed by atoms with E-state index in [4.69, 9.17) is 17.3 Å². The molecule has 0 saturated carbocycles. The molecule has 2 rings (SSSR count). The number of nitrogens with zero attached hydrogens (tertiary/aromatic N) is 2. The Morgan fingerprint density at radius 2 is 1.80 bits per heavy atom. The summed E-state index contributed by atoms with van der Waals surface area (Å²) < 4.78 is 0. The first-order valence-corrected chi connectivity index (χ1v) is 4.88. The lowest BCUT2D eigenvalue weighted by atomic mass is 10.1. The molecule has 0 radical (unpaired) electrons. The number of rotatable bonds is 1. The maximum absolute atomic E-state index is 6.03. The molecule has 1 aromatic carbocycles. The van der Waals surface area contributed by atoms with Crippen molar-refractivity contribution in [1.29, 1.82) is 0 Å². The highest BCUT2D eigenvalue weighted by Crippen LogP contribution is 2.24. The summed E-state index contributed by atoms with van der Waals surface area (Å²) in [4.78, 5) is 7.86. The van der Waals surface area contributed by atoms with Gasteiger partial charge in [-0.3, -0.25) is 0 Å². The van der Waals surface area contributed by atoms with Gasteiger partial charge in [0.2, 0.25) is 5.95 Å². The Bertz CT molecular complexity index is 480. The molecule has 0 amide bonds. The van der Waals surface area contributed by atoms with Crippen LogP contribution in [0.5, 0.6) is 0 Å². The van der Waals surface area contributed by atoms with Gasteiger partial charge in [0.15, 0.2) is 0 Å². The molecule has 0 saturated heterocycles. The van der Waals surface area contributed by atoms with Crippen LogP contribution in [0.25, 0.3) is 11.1 Å². The molecule has 4 heteroatoms. The van der Waals surface area contributed by atoms with Gasteiger partial charge in [0.25, 0.3) is 0 Å². The zero-order chi connectivity index (χ0) is 10.8. The molecule has 1 heterocycles. The van der Waals surface area contributed by atoms with Gasteiger partial charge in [-0.15, -0.1) is 0 Å². The van der Waals surface area contributed by atoms with Crippen LogP contribution in [0.1, 0.15) is 5.56 Å². The van der Waals surface area contributed by atoms with Gasteiger partial charge in [0.1, 0.15) is 0 Å². The third kappa shape index (κ3) is 2.07. The number of aromatic nitrogens is 2. The normalized spacial score (nSPS) is 10.3. The van der Waals surface area contributed by atoms with Gasteiger partial charge in [-0.05, 0) is 24.1 Å². The van der Waals surface area contributed by atoms with Crippen LogP contribution in [0.15, 0.2) is 30.6 Å². The van der Waals surface area contributed by atoms with E-state index in [1.54, 1.807) is 12.4 Å². The van der Waals surface area contributed by atoms with E-state index < -0.39 is 0 Å². The molecule has 0 unspecified atom stereocenters. The number of aryl methyl sites for hydroxylation is 1. The average Bonchev–Trinajstić information content (AvgIpc) is 2.23. The van der Waals surface area contributed by atoms with Crippen molar-refractivity contribution in [1.82, 2.24) is 9.97 Å². The Morgan fingerprint density at radius 3 is 2.40 bits per heavy atom. The Balaban J connectivity index is 2.45. The predicted molar refractivity (Wildman–Crippen MR) is 61.6 cm³/mol. The van der Waals surface area contributed by atoms with Gasteiger partial charge < -0.3 is 5.73 Å². The average molecular weight is 220 g/mol. The smallest absolute Gasteiger partial charge is 0.219 e. The minimum absolute atomic E-state index is 0.275. The Morgan fingerprint density at radius 1 is 1.13 bits per heavy atom. The molecule has 2 aromatic rings. The van der Waals surface area contributed by atoms with E-state index >= 15 is 0 Å². The zero-order valence-corrected chi connectivity index (χ0v) is 8.99. The Labute approximate surface area is 92.9 Å². The fourth-order valence-electron chi connectivity index (χ4n) is 1.26. The number of nitrogen functional groups attached to an aromatic ring is 1. The molecule has 0 bridgehead atoms. The fourth-order valence-corrected chi connectivity index (χ4v) is 1.44. The third-order valence-electron chi connectivity index (χ3n) is 2.18. The topological polar surface area (TPSA) is 51.8 Å². The first-order valence-electron chi connectivity index (χ1n) is 4.51. The minimum atomic E-state index is 0.275. The van der Waals surface area contributed by atoms with Crippen molar-refractivity contribution in [3.05, 3.63) is 41.2 Å². The van der Waals surface area contributed by atoms with E-state index in [2.05, 4.69) is 9.97 Å². The third-order valence-corrected chi connectivity index (χ3v) is 2.58. The SMILES string of the molecule is Cc1ccc(-c2cnc(N)nc2)cc1Cl. The second-order valence-electron chi connectivity index (χ2n) is 3.29. The highest BCUT2D eigenvalue weighted by atomic mass is 35.5. The number of hydrogen-bond donors (Lipinski definition) is 1. The second-order valence-corrected chi connectivity index (χ2v) is 3.70. The largest absolute Gasteiger partial charge is 0.368 e. The van der Waals surface area contributed by atoms with Crippen LogP contribution >= 0.6 is 11.6 Å². The van der Waals surface area contributed by atoms with E-state index in [1.807, 2.05) is 25.1 Å². The van der Waals surface area contributed by atoms with Crippen molar-refractivity contribution in [2.45, 2.75) is 6.92 Å².